The molecule has 2 rings (SSSR count). The summed E-state index contributed by atoms with van der Waals surface area (Å²) in [5, 5.41) is 12.7. The van der Waals surface area contributed by atoms with Crippen molar-refractivity contribution in [2.24, 2.45) is 5.73 Å². The number of aromatic carboxylic acids is 1. The van der Waals surface area contributed by atoms with Gasteiger partial charge in [0.25, 0.3) is 0 Å². The zero-order valence-electron chi connectivity index (χ0n) is 12.8. The van der Waals surface area contributed by atoms with Crippen LogP contribution in [-0.2, 0) is 0 Å². The lowest BCUT2D eigenvalue weighted by Gasteiger charge is -2.29. The maximum absolute atomic E-state index is 11.5. The third-order valence-electron chi connectivity index (χ3n) is 3.69. The van der Waals surface area contributed by atoms with Gasteiger partial charge in [-0.3, -0.25) is 0 Å². The lowest BCUT2D eigenvalue weighted by Crippen LogP contribution is -2.43. The predicted octanol–water partition coefficient (Wildman–Crippen LogP) is 1.27. The van der Waals surface area contributed by atoms with Crippen LogP contribution in [0.1, 0.15) is 35.2 Å². The molecule has 1 aliphatic rings. The molecule has 0 aliphatic carbocycles. The number of nitrogens with one attached hydrogen (secondary N) is 1. The van der Waals surface area contributed by atoms with Crippen molar-refractivity contribution in [3.63, 3.8) is 0 Å². The first-order valence-corrected chi connectivity index (χ1v) is 7.74. The molecular weight excluding hydrogens is 278 g/mol. The molecule has 0 unspecified atom stereocenters. The minimum Gasteiger partial charge on any atom is -0.478 e. The number of anilines is 1. The molecule has 0 amide bonds. The maximum atomic E-state index is 11.5. The Balaban J connectivity index is 2.14. The van der Waals surface area contributed by atoms with Crippen molar-refractivity contribution < 1.29 is 9.90 Å². The van der Waals surface area contributed by atoms with Gasteiger partial charge in [-0.25, -0.2) is 4.79 Å². The van der Waals surface area contributed by atoms with Crippen LogP contribution in [0.3, 0.4) is 0 Å². The molecule has 1 fully saturated rings. The highest BCUT2D eigenvalue weighted by Gasteiger charge is 2.15. The first kappa shape index (κ1) is 16.3. The minimum atomic E-state index is -0.928. The Morgan fingerprint density at radius 3 is 2.77 bits per heavy atom. The van der Waals surface area contributed by atoms with E-state index >= 15 is 0 Å². The SMILES string of the molecule is NCCCCC#Cc1ccc(N2CCNCC2)cc1C(=O)O. The van der Waals surface area contributed by atoms with Gasteiger partial charge < -0.3 is 21.1 Å². The second-order valence-electron chi connectivity index (χ2n) is 5.32. The van der Waals surface area contributed by atoms with E-state index in [4.69, 9.17) is 5.73 Å². The fraction of sp³-hybridized carbons (Fsp3) is 0.471. The molecule has 118 valence electrons. The molecule has 22 heavy (non-hydrogen) atoms. The number of unbranched alkanes of at least 4 members (excludes halogenated alkanes) is 2. The molecule has 5 heteroatoms. The fourth-order valence-electron chi connectivity index (χ4n) is 2.45. The highest BCUT2D eigenvalue weighted by atomic mass is 16.4. The Bertz CT molecular complexity index is 569. The second kappa shape index (κ2) is 8.42. The summed E-state index contributed by atoms with van der Waals surface area (Å²) in [7, 11) is 0. The van der Waals surface area contributed by atoms with E-state index in [1.807, 2.05) is 12.1 Å². The second-order valence-corrected chi connectivity index (χ2v) is 5.32. The van der Waals surface area contributed by atoms with E-state index in [9.17, 15) is 9.90 Å². The van der Waals surface area contributed by atoms with Crippen LogP contribution in [0.2, 0.25) is 0 Å². The molecule has 4 N–H and O–H groups in total. The number of hydrogen-bond acceptors (Lipinski definition) is 4. The van der Waals surface area contributed by atoms with E-state index in [2.05, 4.69) is 22.1 Å². The van der Waals surface area contributed by atoms with Crippen LogP contribution in [0.25, 0.3) is 0 Å². The van der Waals surface area contributed by atoms with Crippen molar-refractivity contribution in [2.75, 3.05) is 37.6 Å². The van der Waals surface area contributed by atoms with E-state index in [0.29, 0.717) is 12.1 Å². The van der Waals surface area contributed by atoms with Gasteiger partial charge in [-0.2, -0.15) is 0 Å². The van der Waals surface area contributed by atoms with Gasteiger partial charge in [0.05, 0.1) is 5.56 Å². The first-order valence-electron chi connectivity index (χ1n) is 7.74. The van der Waals surface area contributed by atoms with Gasteiger partial charge in [0.2, 0.25) is 0 Å². The van der Waals surface area contributed by atoms with Crippen molar-refractivity contribution in [2.45, 2.75) is 19.3 Å². The Kier molecular flexibility index (Phi) is 6.26. The van der Waals surface area contributed by atoms with E-state index in [1.165, 1.54) is 0 Å². The zero-order valence-corrected chi connectivity index (χ0v) is 12.8. The molecular formula is C17H23N3O2. The topological polar surface area (TPSA) is 78.6 Å². The quantitative estimate of drug-likeness (QED) is 0.564. The van der Waals surface area contributed by atoms with Crippen molar-refractivity contribution in [1.82, 2.24) is 5.32 Å². The van der Waals surface area contributed by atoms with Gasteiger partial charge in [-0.05, 0) is 37.6 Å². The Hall–Kier alpha value is -2.03. The molecule has 0 radical (unpaired) electrons. The summed E-state index contributed by atoms with van der Waals surface area (Å²) in [4.78, 5) is 13.7. The molecule has 1 aromatic rings. The van der Waals surface area contributed by atoms with Gasteiger partial charge in [-0.1, -0.05) is 11.8 Å². The minimum absolute atomic E-state index is 0.280. The van der Waals surface area contributed by atoms with Crippen LogP contribution >= 0.6 is 0 Å². The van der Waals surface area contributed by atoms with Gasteiger partial charge >= 0.3 is 5.97 Å². The summed E-state index contributed by atoms with van der Waals surface area (Å²) in [6.45, 7) is 4.30. The average Bonchev–Trinajstić information content (AvgIpc) is 2.55. The lowest BCUT2D eigenvalue weighted by molar-refractivity contribution is 0.0696. The third-order valence-corrected chi connectivity index (χ3v) is 3.69. The van der Waals surface area contributed by atoms with Crippen LogP contribution in [0.15, 0.2) is 18.2 Å². The van der Waals surface area contributed by atoms with Crippen molar-refractivity contribution in [3.05, 3.63) is 29.3 Å². The highest BCUT2D eigenvalue weighted by Crippen LogP contribution is 2.20. The molecule has 5 nitrogen and oxygen atoms in total. The Labute approximate surface area is 131 Å². The normalized spacial score (nSPS) is 14.3. The van der Waals surface area contributed by atoms with Crippen LogP contribution in [0.4, 0.5) is 5.69 Å². The Morgan fingerprint density at radius 1 is 1.32 bits per heavy atom. The number of hydrogen-bond donors (Lipinski definition) is 3. The smallest absolute Gasteiger partial charge is 0.337 e. The van der Waals surface area contributed by atoms with E-state index in [-0.39, 0.29) is 5.56 Å². The largest absolute Gasteiger partial charge is 0.478 e. The number of benzene rings is 1. The van der Waals surface area contributed by atoms with Gasteiger partial charge in [0.15, 0.2) is 0 Å². The van der Waals surface area contributed by atoms with E-state index < -0.39 is 5.97 Å². The predicted molar refractivity (Wildman–Crippen MR) is 88.3 cm³/mol. The summed E-state index contributed by atoms with van der Waals surface area (Å²) in [5.41, 5.74) is 7.25. The average molecular weight is 301 g/mol. The van der Waals surface area contributed by atoms with Crippen LogP contribution in [0.5, 0.6) is 0 Å². The maximum Gasteiger partial charge on any atom is 0.337 e. The molecule has 0 atom stereocenters. The molecule has 0 aromatic heterocycles. The van der Waals surface area contributed by atoms with Gasteiger partial charge in [0.1, 0.15) is 0 Å². The van der Waals surface area contributed by atoms with Crippen LogP contribution in [0, 0.1) is 11.8 Å². The van der Waals surface area contributed by atoms with E-state index in [0.717, 1.165) is 51.1 Å². The van der Waals surface area contributed by atoms with Gasteiger partial charge in [0, 0.05) is 43.9 Å². The zero-order chi connectivity index (χ0) is 15.8. The monoisotopic (exact) mass is 301 g/mol. The van der Waals surface area contributed by atoms with Crippen molar-refractivity contribution in [3.8, 4) is 11.8 Å². The lowest BCUT2D eigenvalue weighted by atomic mass is 10.1. The van der Waals surface area contributed by atoms with Crippen molar-refractivity contribution >= 4 is 11.7 Å². The number of nitrogens with zero attached hydrogens (tertiary/aromatic N) is 1. The van der Waals surface area contributed by atoms with Crippen LogP contribution in [-0.4, -0.2) is 43.8 Å². The van der Waals surface area contributed by atoms with E-state index in [1.54, 1.807) is 6.07 Å². The molecule has 1 saturated heterocycles. The summed E-state index contributed by atoms with van der Waals surface area (Å²) in [6, 6.07) is 5.51. The van der Waals surface area contributed by atoms with Gasteiger partial charge in [-0.15, -0.1) is 0 Å². The number of carbonyl (C=O) groups is 1. The molecule has 1 aliphatic heterocycles. The molecule has 0 spiro atoms. The summed E-state index contributed by atoms with van der Waals surface area (Å²) in [5.74, 6) is 5.09. The highest BCUT2D eigenvalue weighted by molar-refractivity contribution is 5.92. The summed E-state index contributed by atoms with van der Waals surface area (Å²) >= 11 is 0. The van der Waals surface area contributed by atoms with Crippen molar-refractivity contribution in [1.29, 1.82) is 0 Å². The molecule has 1 heterocycles. The molecule has 0 bridgehead atoms. The fourth-order valence-corrected chi connectivity index (χ4v) is 2.45. The van der Waals surface area contributed by atoms with Crippen LogP contribution < -0.4 is 16.0 Å². The molecule has 1 aromatic carbocycles. The summed E-state index contributed by atoms with van der Waals surface area (Å²) < 4.78 is 0. The number of carboxylic acid groups (broad SMARTS) is 1. The number of rotatable bonds is 5. The Morgan fingerprint density at radius 2 is 2.09 bits per heavy atom. The summed E-state index contributed by atoms with van der Waals surface area (Å²) in [6.07, 6.45) is 2.64. The molecule has 0 saturated carbocycles. The standard InChI is InChI=1S/C17H23N3O2/c18-8-4-2-1-3-5-14-6-7-15(13-16(14)17(21)22)20-11-9-19-10-12-20/h6-7,13,19H,1-2,4,8-12,18H2,(H,21,22). The number of piperazine rings is 1. The number of carboxylic acids is 1. The third kappa shape index (κ3) is 4.48. The number of nitrogens with two attached hydrogens (primary N) is 1. The first-order chi connectivity index (χ1) is 10.7.